The van der Waals surface area contributed by atoms with Gasteiger partial charge in [-0.15, -0.1) is 0 Å². The third kappa shape index (κ3) is 1.14. The van der Waals surface area contributed by atoms with Gasteiger partial charge in [-0.2, -0.15) is 0 Å². The monoisotopic (exact) mass is 161 g/mol. The quantitative estimate of drug-likeness (QED) is 0.685. The highest BCUT2D eigenvalue weighted by Crippen LogP contribution is 2.16. The van der Waals surface area contributed by atoms with Crippen molar-refractivity contribution in [1.82, 2.24) is 9.97 Å². The van der Waals surface area contributed by atoms with E-state index < -0.39 is 0 Å². The molecule has 0 aliphatic carbocycles. The van der Waals surface area contributed by atoms with E-state index in [4.69, 9.17) is 10.2 Å². The minimum Gasteiger partial charge on any atom is -0.472 e. The number of hydrogen-bond donors (Lipinski definition) is 1. The van der Waals surface area contributed by atoms with Crippen LogP contribution < -0.4 is 5.73 Å². The van der Waals surface area contributed by atoms with Crippen molar-refractivity contribution >= 4 is 5.82 Å². The Morgan fingerprint density at radius 3 is 2.92 bits per heavy atom. The van der Waals surface area contributed by atoms with E-state index in [1.54, 1.807) is 18.7 Å². The molecule has 2 heterocycles. The van der Waals surface area contributed by atoms with Crippen molar-refractivity contribution < 1.29 is 4.42 Å². The van der Waals surface area contributed by atoms with Gasteiger partial charge in [0, 0.05) is 5.56 Å². The number of hydrogen-bond acceptors (Lipinski definition) is 4. The number of nitrogens with two attached hydrogens (primary N) is 1. The number of rotatable bonds is 1. The minimum atomic E-state index is 0.411. The van der Waals surface area contributed by atoms with Gasteiger partial charge in [-0.3, -0.25) is 4.98 Å². The van der Waals surface area contributed by atoms with Crippen LogP contribution in [0.3, 0.4) is 0 Å². The molecule has 2 N–H and O–H groups in total. The molecule has 0 aromatic carbocycles. The maximum Gasteiger partial charge on any atom is 0.142 e. The van der Waals surface area contributed by atoms with Crippen LogP contribution in [0.5, 0.6) is 0 Å². The van der Waals surface area contributed by atoms with E-state index in [1.165, 1.54) is 6.20 Å². The molecule has 0 unspecified atom stereocenters. The summed E-state index contributed by atoms with van der Waals surface area (Å²) in [5, 5.41) is 0. The van der Waals surface area contributed by atoms with Crippen molar-refractivity contribution in [3.05, 3.63) is 31.0 Å². The van der Waals surface area contributed by atoms with Gasteiger partial charge in [0.2, 0.25) is 0 Å². The predicted octanol–water partition coefficient (Wildman–Crippen LogP) is 1.32. The summed E-state index contributed by atoms with van der Waals surface area (Å²) >= 11 is 0. The Morgan fingerprint density at radius 1 is 1.33 bits per heavy atom. The molecule has 0 fully saturated rings. The first-order valence-electron chi connectivity index (χ1n) is 3.46. The normalized spacial score (nSPS) is 10.0. The highest BCUT2D eigenvalue weighted by molar-refractivity contribution is 5.57. The Kier molecular flexibility index (Phi) is 1.51. The average Bonchev–Trinajstić information content (AvgIpc) is 2.56. The molecule has 60 valence electrons. The average molecular weight is 161 g/mol. The van der Waals surface area contributed by atoms with Crippen molar-refractivity contribution in [2.24, 2.45) is 0 Å². The number of nitrogens with zero attached hydrogens (tertiary/aromatic N) is 2. The fourth-order valence-electron chi connectivity index (χ4n) is 0.930. The lowest BCUT2D eigenvalue weighted by atomic mass is 10.2. The lowest BCUT2D eigenvalue weighted by Crippen LogP contribution is -1.92. The molecule has 2 aromatic rings. The standard InChI is InChI=1S/C8H7N3O/c9-8-4-10-3-7(11-8)6-1-2-12-5-6/h1-5H,(H2,9,11). The fourth-order valence-corrected chi connectivity index (χ4v) is 0.930. The Bertz CT molecular complexity index is 370. The third-order valence-corrected chi connectivity index (χ3v) is 1.47. The van der Waals surface area contributed by atoms with Crippen LogP contribution in [-0.2, 0) is 0 Å². The molecule has 4 nitrogen and oxygen atoms in total. The highest BCUT2D eigenvalue weighted by Gasteiger charge is 2.00. The van der Waals surface area contributed by atoms with E-state index in [-0.39, 0.29) is 0 Å². The molecule has 0 saturated heterocycles. The van der Waals surface area contributed by atoms with Gasteiger partial charge in [0.1, 0.15) is 5.82 Å². The maximum atomic E-state index is 5.46. The summed E-state index contributed by atoms with van der Waals surface area (Å²) in [6.45, 7) is 0. The van der Waals surface area contributed by atoms with Gasteiger partial charge in [0.05, 0.1) is 30.6 Å². The predicted molar refractivity (Wildman–Crippen MR) is 44.1 cm³/mol. The van der Waals surface area contributed by atoms with Gasteiger partial charge in [0.15, 0.2) is 0 Å². The van der Waals surface area contributed by atoms with Crippen LogP contribution in [0.4, 0.5) is 5.82 Å². The fraction of sp³-hybridized carbons (Fsp3) is 0. The first-order valence-corrected chi connectivity index (χ1v) is 3.46. The number of nitrogen functional groups attached to an aromatic ring is 1. The molecular weight excluding hydrogens is 154 g/mol. The molecule has 0 amide bonds. The van der Waals surface area contributed by atoms with Gasteiger partial charge in [-0.25, -0.2) is 4.98 Å². The van der Waals surface area contributed by atoms with E-state index in [9.17, 15) is 0 Å². The van der Waals surface area contributed by atoms with Gasteiger partial charge in [-0.05, 0) is 6.07 Å². The Hall–Kier alpha value is -1.84. The van der Waals surface area contributed by atoms with Crippen LogP contribution in [0.25, 0.3) is 11.3 Å². The number of aromatic nitrogens is 2. The summed E-state index contributed by atoms with van der Waals surface area (Å²) in [6.07, 6.45) is 6.33. The van der Waals surface area contributed by atoms with Crippen LogP contribution in [0.2, 0.25) is 0 Å². The zero-order valence-corrected chi connectivity index (χ0v) is 6.27. The first-order chi connectivity index (χ1) is 5.86. The van der Waals surface area contributed by atoms with E-state index in [2.05, 4.69) is 9.97 Å². The van der Waals surface area contributed by atoms with Crippen LogP contribution in [-0.4, -0.2) is 9.97 Å². The second kappa shape index (κ2) is 2.65. The summed E-state index contributed by atoms with van der Waals surface area (Å²) in [4.78, 5) is 7.98. The lowest BCUT2D eigenvalue weighted by molar-refractivity contribution is 0.568. The molecule has 2 aromatic heterocycles. The second-order valence-electron chi connectivity index (χ2n) is 2.34. The smallest absolute Gasteiger partial charge is 0.142 e. The molecule has 0 bridgehead atoms. The van der Waals surface area contributed by atoms with Crippen LogP contribution in [0.15, 0.2) is 35.4 Å². The van der Waals surface area contributed by atoms with Crippen LogP contribution in [0, 0.1) is 0 Å². The molecular formula is C8H7N3O. The van der Waals surface area contributed by atoms with E-state index in [0.29, 0.717) is 5.82 Å². The molecule has 0 radical (unpaired) electrons. The number of furan rings is 1. The van der Waals surface area contributed by atoms with E-state index in [0.717, 1.165) is 11.3 Å². The topological polar surface area (TPSA) is 64.9 Å². The summed E-state index contributed by atoms with van der Waals surface area (Å²) in [7, 11) is 0. The van der Waals surface area contributed by atoms with Gasteiger partial charge >= 0.3 is 0 Å². The zero-order chi connectivity index (χ0) is 8.39. The third-order valence-electron chi connectivity index (χ3n) is 1.47. The first kappa shape index (κ1) is 6.84. The minimum absolute atomic E-state index is 0.411. The maximum absolute atomic E-state index is 5.46. The van der Waals surface area contributed by atoms with Gasteiger partial charge < -0.3 is 10.2 Å². The molecule has 0 aliphatic rings. The van der Waals surface area contributed by atoms with Crippen molar-refractivity contribution in [3.8, 4) is 11.3 Å². The van der Waals surface area contributed by atoms with Crippen molar-refractivity contribution in [2.45, 2.75) is 0 Å². The molecule has 2 rings (SSSR count). The van der Waals surface area contributed by atoms with E-state index >= 15 is 0 Å². The highest BCUT2D eigenvalue weighted by atomic mass is 16.3. The van der Waals surface area contributed by atoms with E-state index in [1.807, 2.05) is 6.07 Å². The number of anilines is 1. The zero-order valence-electron chi connectivity index (χ0n) is 6.27. The molecule has 0 spiro atoms. The van der Waals surface area contributed by atoms with Gasteiger partial charge in [0.25, 0.3) is 0 Å². The Balaban J connectivity index is 2.48. The Morgan fingerprint density at radius 2 is 2.25 bits per heavy atom. The SMILES string of the molecule is Nc1cncc(-c2ccoc2)n1. The Labute approximate surface area is 69.1 Å². The van der Waals surface area contributed by atoms with Crippen molar-refractivity contribution in [1.29, 1.82) is 0 Å². The van der Waals surface area contributed by atoms with Gasteiger partial charge in [-0.1, -0.05) is 0 Å². The molecule has 0 aliphatic heterocycles. The van der Waals surface area contributed by atoms with Crippen molar-refractivity contribution in [3.63, 3.8) is 0 Å². The summed E-state index contributed by atoms with van der Waals surface area (Å²) in [5.41, 5.74) is 7.07. The van der Waals surface area contributed by atoms with Crippen molar-refractivity contribution in [2.75, 3.05) is 5.73 Å². The molecule has 12 heavy (non-hydrogen) atoms. The summed E-state index contributed by atoms with van der Waals surface area (Å²) in [5.74, 6) is 0.411. The lowest BCUT2D eigenvalue weighted by Gasteiger charge is -1.95. The summed E-state index contributed by atoms with van der Waals surface area (Å²) < 4.78 is 4.90. The largest absolute Gasteiger partial charge is 0.472 e. The molecule has 4 heteroatoms. The van der Waals surface area contributed by atoms with Crippen LogP contribution in [0.1, 0.15) is 0 Å². The summed E-state index contributed by atoms with van der Waals surface area (Å²) in [6, 6.07) is 1.81. The second-order valence-corrected chi connectivity index (χ2v) is 2.34. The molecule has 0 atom stereocenters. The molecule has 0 saturated carbocycles. The van der Waals surface area contributed by atoms with Crippen LogP contribution >= 0.6 is 0 Å².